The van der Waals surface area contributed by atoms with Gasteiger partial charge in [0.1, 0.15) is 0 Å². The molecule has 5 heteroatoms. The lowest BCUT2D eigenvalue weighted by atomic mass is 10.1. The predicted molar refractivity (Wildman–Crippen MR) is 80.5 cm³/mol. The van der Waals surface area contributed by atoms with Gasteiger partial charge in [-0.1, -0.05) is 34.1 Å². The molecule has 104 valence electrons. The number of hydrogen-bond donors (Lipinski definition) is 1. The molecule has 0 unspecified atom stereocenters. The molecule has 1 aromatic carbocycles. The molecule has 1 N–H and O–H groups in total. The molecule has 0 atom stereocenters. The lowest BCUT2D eigenvalue weighted by molar-refractivity contribution is -0.120. The predicted octanol–water partition coefficient (Wildman–Crippen LogP) is 2.71. The third-order valence-electron chi connectivity index (χ3n) is 2.77. The second-order valence-electron chi connectivity index (χ2n) is 4.29. The number of ether oxygens (including phenoxy) is 1. The Balaban J connectivity index is 1.83. The van der Waals surface area contributed by atoms with E-state index < -0.39 is 0 Å². The van der Waals surface area contributed by atoms with Gasteiger partial charge in [-0.3, -0.25) is 4.79 Å². The van der Waals surface area contributed by atoms with E-state index in [4.69, 9.17) is 4.74 Å². The minimum absolute atomic E-state index is 0.0110. The van der Waals surface area contributed by atoms with Gasteiger partial charge < -0.3 is 10.1 Å². The Morgan fingerprint density at radius 2 is 1.90 bits per heavy atom. The van der Waals surface area contributed by atoms with Gasteiger partial charge in [-0.15, -0.1) is 0 Å². The van der Waals surface area contributed by atoms with Gasteiger partial charge >= 0.3 is 0 Å². The highest BCUT2D eigenvalue weighted by molar-refractivity contribution is 9.10. The second-order valence-corrected chi connectivity index (χ2v) is 5.20. The van der Waals surface area contributed by atoms with E-state index in [-0.39, 0.29) is 5.91 Å². The zero-order valence-corrected chi connectivity index (χ0v) is 12.7. The summed E-state index contributed by atoms with van der Waals surface area (Å²) in [6, 6.07) is 11.4. The van der Waals surface area contributed by atoms with Crippen LogP contribution in [-0.2, 0) is 17.8 Å². The van der Waals surface area contributed by atoms with Crippen LogP contribution in [-0.4, -0.2) is 18.0 Å². The molecular formula is C15H15BrN2O2. The number of nitrogens with one attached hydrogen (secondary N) is 1. The van der Waals surface area contributed by atoms with E-state index in [0.29, 0.717) is 18.8 Å². The normalized spacial score (nSPS) is 10.1. The van der Waals surface area contributed by atoms with Crippen molar-refractivity contribution in [2.75, 3.05) is 7.11 Å². The summed E-state index contributed by atoms with van der Waals surface area (Å²) in [4.78, 5) is 15.9. The number of benzene rings is 1. The summed E-state index contributed by atoms with van der Waals surface area (Å²) in [5.74, 6) is 0.554. The fraction of sp³-hybridized carbons (Fsp3) is 0.200. The summed E-state index contributed by atoms with van der Waals surface area (Å²) < 4.78 is 5.99. The number of amides is 1. The second kappa shape index (κ2) is 7.05. The molecule has 0 saturated carbocycles. The first-order valence-corrected chi connectivity index (χ1v) is 6.97. The highest BCUT2D eigenvalue weighted by Crippen LogP contribution is 2.11. The van der Waals surface area contributed by atoms with Gasteiger partial charge in [0.15, 0.2) is 0 Å². The van der Waals surface area contributed by atoms with Gasteiger partial charge in [0.2, 0.25) is 11.8 Å². The fourth-order valence-electron chi connectivity index (χ4n) is 1.69. The number of aromatic nitrogens is 1. The van der Waals surface area contributed by atoms with Crippen molar-refractivity contribution in [3.63, 3.8) is 0 Å². The summed E-state index contributed by atoms with van der Waals surface area (Å²) in [5, 5.41) is 2.87. The third kappa shape index (κ3) is 4.35. The zero-order valence-electron chi connectivity index (χ0n) is 11.1. The molecule has 0 radical (unpaired) electrons. The number of rotatable bonds is 5. The highest BCUT2D eigenvalue weighted by Gasteiger charge is 2.03. The number of carbonyl (C=O) groups excluding carboxylic acids is 1. The molecule has 0 aliphatic heterocycles. The first-order valence-electron chi connectivity index (χ1n) is 6.17. The van der Waals surface area contributed by atoms with Crippen molar-refractivity contribution in [3.05, 3.63) is 58.2 Å². The van der Waals surface area contributed by atoms with Gasteiger partial charge in [0, 0.05) is 23.3 Å². The Morgan fingerprint density at radius 1 is 1.20 bits per heavy atom. The maximum atomic E-state index is 11.8. The van der Waals surface area contributed by atoms with E-state index in [9.17, 15) is 4.79 Å². The van der Waals surface area contributed by atoms with Gasteiger partial charge in [0.05, 0.1) is 13.5 Å². The number of nitrogens with zero attached hydrogens (tertiary/aromatic N) is 1. The van der Waals surface area contributed by atoms with E-state index in [1.54, 1.807) is 19.4 Å². The lowest BCUT2D eigenvalue weighted by Gasteiger charge is -2.06. The monoisotopic (exact) mass is 334 g/mol. The van der Waals surface area contributed by atoms with Crippen LogP contribution in [0.2, 0.25) is 0 Å². The van der Waals surface area contributed by atoms with E-state index >= 15 is 0 Å². The van der Waals surface area contributed by atoms with Crippen molar-refractivity contribution in [3.8, 4) is 5.88 Å². The first kappa shape index (κ1) is 14.5. The Labute approximate surface area is 126 Å². The minimum Gasteiger partial charge on any atom is -0.481 e. The molecule has 0 saturated heterocycles. The number of carbonyl (C=O) groups is 1. The molecular weight excluding hydrogens is 320 g/mol. The summed E-state index contributed by atoms with van der Waals surface area (Å²) in [5.41, 5.74) is 1.92. The summed E-state index contributed by atoms with van der Waals surface area (Å²) in [7, 11) is 1.57. The molecule has 1 aromatic heterocycles. The quantitative estimate of drug-likeness (QED) is 0.914. The van der Waals surface area contributed by atoms with Crippen molar-refractivity contribution >= 4 is 21.8 Å². The molecule has 2 rings (SSSR count). The molecule has 0 aliphatic carbocycles. The van der Waals surface area contributed by atoms with Crippen LogP contribution in [0, 0.1) is 0 Å². The van der Waals surface area contributed by atoms with Crippen molar-refractivity contribution < 1.29 is 9.53 Å². The highest BCUT2D eigenvalue weighted by atomic mass is 79.9. The van der Waals surface area contributed by atoms with E-state index in [1.807, 2.05) is 30.3 Å². The molecule has 0 fully saturated rings. The van der Waals surface area contributed by atoms with Gasteiger partial charge in [-0.05, 0) is 23.3 Å². The first-order chi connectivity index (χ1) is 9.67. The van der Waals surface area contributed by atoms with Crippen LogP contribution in [0.4, 0.5) is 0 Å². The fourth-order valence-corrected chi connectivity index (χ4v) is 1.95. The molecule has 2 aromatic rings. The Morgan fingerprint density at radius 3 is 2.50 bits per heavy atom. The van der Waals surface area contributed by atoms with Gasteiger partial charge in [-0.25, -0.2) is 4.98 Å². The summed E-state index contributed by atoms with van der Waals surface area (Å²) in [6.07, 6.45) is 2.07. The van der Waals surface area contributed by atoms with E-state index in [2.05, 4.69) is 26.2 Å². The Hall–Kier alpha value is -1.88. The molecule has 1 amide bonds. The van der Waals surface area contributed by atoms with Crippen LogP contribution in [0.15, 0.2) is 47.1 Å². The number of methoxy groups -OCH3 is 1. The van der Waals surface area contributed by atoms with Crippen LogP contribution in [0.3, 0.4) is 0 Å². The van der Waals surface area contributed by atoms with Crippen LogP contribution < -0.4 is 10.1 Å². The van der Waals surface area contributed by atoms with Crippen LogP contribution in [0.1, 0.15) is 11.1 Å². The SMILES string of the molecule is COc1ccc(CNC(=O)Cc2ccc(Br)cc2)cn1. The standard InChI is InChI=1S/C15H15BrN2O2/c1-20-15-7-4-12(10-18-15)9-17-14(19)8-11-2-5-13(16)6-3-11/h2-7,10H,8-9H2,1H3,(H,17,19). The molecule has 20 heavy (non-hydrogen) atoms. The number of pyridine rings is 1. The summed E-state index contributed by atoms with van der Waals surface area (Å²) in [6.45, 7) is 0.465. The maximum Gasteiger partial charge on any atom is 0.224 e. The van der Waals surface area contributed by atoms with Gasteiger partial charge in [0.25, 0.3) is 0 Å². The molecule has 0 aliphatic rings. The van der Waals surface area contributed by atoms with Gasteiger partial charge in [-0.2, -0.15) is 0 Å². The minimum atomic E-state index is -0.0110. The third-order valence-corrected chi connectivity index (χ3v) is 3.30. The van der Waals surface area contributed by atoms with Crippen molar-refractivity contribution in [2.24, 2.45) is 0 Å². The molecule has 0 spiro atoms. The summed E-state index contributed by atoms with van der Waals surface area (Å²) >= 11 is 3.37. The number of hydrogen-bond acceptors (Lipinski definition) is 3. The maximum absolute atomic E-state index is 11.8. The zero-order chi connectivity index (χ0) is 14.4. The Bertz CT molecular complexity index is 567. The van der Waals surface area contributed by atoms with Crippen LogP contribution in [0.25, 0.3) is 0 Å². The van der Waals surface area contributed by atoms with Crippen molar-refractivity contribution in [1.82, 2.24) is 10.3 Å². The smallest absolute Gasteiger partial charge is 0.224 e. The Kier molecular flexibility index (Phi) is 5.12. The average Bonchev–Trinajstić information content (AvgIpc) is 2.48. The topological polar surface area (TPSA) is 51.2 Å². The van der Waals surface area contributed by atoms with Crippen molar-refractivity contribution in [2.45, 2.75) is 13.0 Å². The average molecular weight is 335 g/mol. The van der Waals surface area contributed by atoms with Crippen LogP contribution >= 0.6 is 15.9 Å². The van der Waals surface area contributed by atoms with Crippen LogP contribution in [0.5, 0.6) is 5.88 Å². The van der Waals surface area contributed by atoms with E-state index in [1.165, 1.54) is 0 Å². The van der Waals surface area contributed by atoms with E-state index in [0.717, 1.165) is 15.6 Å². The largest absolute Gasteiger partial charge is 0.481 e. The molecule has 1 heterocycles. The molecule has 0 bridgehead atoms. The number of halogens is 1. The molecule has 4 nitrogen and oxygen atoms in total. The lowest BCUT2D eigenvalue weighted by Crippen LogP contribution is -2.24. The van der Waals surface area contributed by atoms with Crippen molar-refractivity contribution in [1.29, 1.82) is 0 Å².